The maximum Gasteiger partial charge on any atom is 0.407 e. The molecule has 0 aromatic heterocycles. The Morgan fingerprint density at radius 1 is 1.28 bits per heavy atom. The van der Waals surface area contributed by atoms with Crippen molar-refractivity contribution in [1.82, 2.24) is 10.2 Å². The normalized spacial score (nSPS) is 32.3. The Morgan fingerprint density at radius 3 is 2.28 bits per heavy atom. The van der Waals surface area contributed by atoms with Crippen LogP contribution in [0.5, 0.6) is 0 Å². The van der Waals surface area contributed by atoms with Gasteiger partial charge in [0.2, 0.25) is 0 Å². The standard InChI is InChI=1S/C14H26N2O2/c1-5-16-11-6-7-12(16)9-10(8-11)15-13(17)18-14(2,3)4/h10-12H,5-9H2,1-4H3,(H,15,17). The summed E-state index contributed by atoms with van der Waals surface area (Å²) < 4.78 is 5.32. The van der Waals surface area contributed by atoms with Crippen LogP contribution >= 0.6 is 0 Å². The van der Waals surface area contributed by atoms with Crippen LogP contribution in [0.4, 0.5) is 4.79 Å². The summed E-state index contributed by atoms with van der Waals surface area (Å²) in [6.45, 7) is 9.06. The van der Waals surface area contributed by atoms with Crippen LogP contribution in [-0.4, -0.2) is 41.3 Å². The molecule has 0 aromatic rings. The SMILES string of the molecule is CCN1C2CCC1CC(NC(=O)OC(C)(C)C)C2. The lowest BCUT2D eigenvalue weighted by molar-refractivity contribution is 0.0447. The number of piperidine rings is 1. The van der Waals surface area contributed by atoms with Crippen molar-refractivity contribution in [2.45, 2.75) is 77.1 Å². The van der Waals surface area contributed by atoms with Gasteiger partial charge in [0.25, 0.3) is 0 Å². The molecule has 1 amide bonds. The van der Waals surface area contributed by atoms with Crippen molar-refractivity contribution < 1.29 is 9.53 Å². The van der Waals surface area contributed by atoms with Crippen molar-refractivity contribution >= 4 is 6.09 Å². The van der Waals surface area contributed by atoms with E-state index in [-0.39, 0.29) is 6.09 Å². The minimum atomic E-state index is -0.410. The molecule has 18 heavy (non-hydrogen) atoms. The fraction of sp³-hybridized carbons (Fsp3) is 0.929. The number of carbonyl (C=O) groups excluding carboxylic acids is 1. The molecule has 2 unspecified atom stereocenters. The highest BCUT2D eigenvalue weighted by Gasteiger charge is 2.40. The second kappa shape index (κ2) is 5.08. The molecule has 2 fully saturated rings. The van der Waals surface area contributed by atoms with Gasteiger partial charge in [-0.15, -0.1) is 0 Å². The van der Waals surface area contributed by atoms with E-state index in [1.165, 1.54) is 12.8 Å². The van der Waals surface area contributed by atoms with Gasteiger partial charge in [0, 0.05) is 18.1 Å². The molecule has 104 valence electrons. The van der Waals surface area contributed by atoms with E-state index in [1.807, 2.05) is 20.8 Å². The van der Waals surface area contributed by atoms with Crippen LogP contribution in [0, 0.1) is 0 Å². The van der Waals surface area contributed by atoms with E-state index in [0.29, 0.717) is 18.1 Å². The molecule has 2 bridgehead atoms. The van der Waals surface area contributed by atoms with Gasteiger partial charge in [-0.05, 0) is 53.0 Å². The second-order valence-corrected chi connectivity index (χ2v) is 6.53. The number of hydrogen-bond donors (Lipinski definition) is 1. The number of rotatable bonds is 2. The van der Waals surface area contributed by atoms with Gasteiger partial charge in [0.1, 0.15) is 5.60 Å². The highest BCUT2D eigenvalue weighted by molar-refractivity contribution is 5.68. The van der Waals surface area contributed by atoms with E-state index in [0.717, 1.165) is 19.4 Å². The number of alkyl carbamates (subject to hydrolysis) is 1. The second-order valence-electron chi connectivity index (χ2n) is 6.53. The summed E-state index contributed by atoms with van der Waals surface area (Å²) in [4.78, 5) is 14.4. The van der Waals surface area contributed by atoms with Crippen molar-refractivity contribution in [3.8, 4) is 0 Å². The van der Waals surface area contributed by atoms with Crippen molar-refractivity contribution in [3.63, 3.8) is 0 Å². The first-order valence-corrected chi connectivity index (χ1v) is 7.14. The predicted octanol–water partition coefficient (Wildman–Crippen LogP) is 2.53. The number of amides is 1. The molecule has 2 aliphatic rings. The molecular weight excluding hydrogens is 228 g/mol. The molecular formula is C14H26N2O2. The smallest absolute Gasteiger partial charge is 0.407 e. The molecule has 0 saturated carbocycles. The fourth-order valence-electron chi connectivity index (χ4n) is 3.38. The highest BCUT2D eigenvalue weighted by Crippen LogP contribution is 2.35. The molecule has 0 radical (unpaired) electrons. The predicted molar refractivity (Wildman–Crippen MR) is 71.6 cm³/mol. The molecule has 2 aliphatic heterocycles. The van der Waals surface area contributed by atoms with Crippen LogP contribution in [0.1, 0.15) is 53.4 Å². The minimum absolute atomic E-state index is 0.267. The molecule has 2 saturated heterocycles. The molecule has 1 N–H and O–H groups in total. The summed E-state index contributed by atoms with van der Waals surface area (Å²) in [7, 11) is 0. The van der Waals surface area contributed by atoms with Gasteiger partial charge >= 0.3 is 6.09 Å². The van der Waals surface area contributed by atoms with Crippen molar-refractivity contribution in [1.29, 1.82) is 0 Å². The average Bonchev–Trinajstić information content (AvgIpc) is 2.46. The van der Waals surface area contributed by atoms with Gasteiger partial charge in [-0.1, -0.05) is 6.92 Å². The van der Waals surface area contributed by atoms with Crippen LogP contribution in [0.15, 0.2) is 0 Å². The lowest BCUT2D eigenvalue weighted by Crippen LogP contribution is -2.50. The molecule has 2 rings (SSSR count). The van der Waals surface area contributed by atoms with Gasteiger partial charge in [-0.25, -0.2) is 4.79 Å². The zero-order chi connectivity index (χ0) is 13.3. The Hall–Kier alpha value is -0.770. The van der Waals surface area contributed by atoms with Crippen molar-refractivity contribution in [2.24, 2.45) is 0 Å². The Bertz CT molecular complexity index is 297. The third kappa shape index (κ3) is 3.16. The van der Waals surface area contributed by atoms with Crippen molar-refractivity contribution in [3.05, 3.63) is 0 Å². The lowest BCUT2D eigenvalue weighted by atomic mass is 9.97. The van der Waals surface area contributed by atoms with Crippen LogP contribution in [-0.2, 0) is 4.74 Å². The Balaban J connectivity index is 1.84. The number of nitrogens with zero attached hydrogens (tertiary/aromatic N) is 1. The van der Waals surface area contributed by atoms with Crippen LogP contribution < -0.4 is 5.32 Å². The maximum absolute atomic E-state index is 11.8. The number of carbonyl (C=O) groups is 1. The van der Waals surface area contributed by atoms with E-state index >= 15 is 0 Å². The van der Waals surface area contributed by atoms with Gasteiger partial charge in [-0.2, -0.15) is 0 Å². The first-order valence-electron chi connectivity index (χ1n) is 7.14. The van der Waals surface area contributed by atoms with Gasteiger partial charge in [-0.3, -0.25) is 4.90 Å². The first kappa shape index (κ1) is 13.7. The summed E-state index contributed by atoms with van der Waals surface area (Å²) in [5.74, 6) is 0. The van der Waals surface area contributed by atoms with E-state index in [1.54, 1.807) is 0 Å². The number of fused-ring (bicyclic) bond motifs is 2. The van der Waals surface area contributed by atoms with Gasteiger partial charge in [0.15, 0.2) is 0 Å². The lowest BCUT2D eigenvalue weighted by Gasteiger charge is -2.38. The Morgan fingerprint density at radius 2 is 1.83 bits per heavy atom. The fourth-order valence-corrected chi connectivity index (χ4v) is 3.38. The quantitative estimate of drug-likeness (QED) is 0.823. The van der Waals surface area contributed by atoms with Crippen molar-refractivity contribution in [2.75, 3.05) is 6.54 Å². The summed E-state index contributed by atoms with van der Waals surface area (Å²) in [6.07, 6.45) is 4.44. The van der Waals surface area contributed by atoms with Crippen LogP contribution in [0.3, 0.4) is 0 Å². The summed E-state index contributed by atoms with van der Waals surface area (Å²) in [5, 5.41) is 3.03. The third-order valence-corrected chi connectivity index (χ3v) is 3.97. The topological polar surface area (TPSA) is 41.6 Å². The molecule has 0 aromatic carbocycles. The number of ether oxygens (including phenoxy) is 1. The summed E-state index contributed by atoms with van der Waals surface area (Å²) in [5.41, 5.74) is -0.410. The summed E-state index contributed by atoms with van der Waals surface area (Å²) in [6, 6.07) is 1.61. The Kier molecular flexibility index (Phi) is 3.85. The maximum atomic E-state index is 11.8. The largest absolute Gasteiger partial charge is 0.444 e. The van der Waals surface area contributed by atoms with E-state index in [4.69, 9.17) is 4.74 Å². The van der Waals surface area contributed by atoms with Gasteiger partial charge < -0.3 is 10.1 Å². The molecule has 2 heterocycles. The average molecular weight is 254 g/mol. The molecule has 4 nitrogen and oxygen atoms in total. The zero-order valence-corrected chi connectivity index (χ0v) is 12.0. The molecule has 0 aliphatic carbocycles. The monoisotopic (exact) mass is 254 g/mol. The third-order valence-electron chi connectivity index (χ3n) is 3.97. The van der Waals surface area contributed by atoms with Crippen LogP contribution in [0.2, 0.25) is 0 Å². The molecule has 4 heteroatoms. The van der Waals surface area contributed by atoms with E-state index in [2.05, 4.69) is 17.1 Å². The van der Waals surface area contributed by atoms with Gasteiger partial charge in [0.05, 0.1) is 0 Å². The number of nitrogens with one attached hydrogen (secondary N) is 1. The first-order chi connectivity index (χ1) is 8.39. The molecule has 2 atom stereocenters. The Labute approximate surface area is 110 Å². The number of hydrogen-bond acceptors (Lipinski definition) is 3. The minimum Gasteiger partial charge on any atom is -0.444 e. The van der Waals surface area contributed by atoms with E-state index < -0.39 is 5.60 Å². The van der Waals surface area contributed by atoms with E-state index in [9.17, 15) is 4.79 Å². The molecule has 0 spiro atoms. The zero-order valence-electron chi connectivity index (χ0n) is 12.0. The summed E-state index contributed by atoms with van der Waals surface area (Å²) >= 11 is 0. The van der Waals surface area contributed by atoms with Crippen LogP contribution in [0.25, 0.3) is 0 Å². The highest BCUT2D eigenvalue weighted by atomic mass is 16.6.